The molecule has 1 heterocycles. The third-order valence-electron chi connectivity index (χ3n) is 3.18. The number of rotatable bonds is 4. The number of nitrogens with one attached hydrogen (secondary N) is 1. The summed E-state index contributed by atoms with van der Waals surface area (Å²) in [7, 11) is -2.24. The molecule has 0 atom stereocenters. The monoisotopic (exact) mass is 312 g/mol. The summed E-state index contributed by atoms with van der Waals surface area (Å²) in [5, 5.41) is 4.12. The second-order valence-electron chi connectivity index (χ2n) is 4.88. The molecule has 114 valence electrons. The number of halogens is 1. The predicted molar refractivity (Wildman–Crippen MR) is 77.5 cm³/mol. The van der Waals surface area contributed by atoms with E-state index in [9.17, 15) is 12.8 Å². The number of aryl methyl sites for hydroxylation is 3. The van der Waals surface area contributed by atoms with E-state index in [1.807, 2.05) is 0 Å². The number of hydrogen-bond acceptors (Lipinski definition) is 4. The fraction of sp³-hybridized carbons (Fsp3) is 0.308. The molecule has 0 aliphatic rings. The molecule has 3 N–H and O–H groups in total. The summed E-state index contributed by atoms with van der Waals surface area (Å²) >= 11 is 0. The lowest BCUT2D eigenvalue weighted by Crippen LogP contribution is -2.24. The Morgan fingerprint density at radius 1 is 1.38 bits per heavy atom. The maximum Gasteiger partial charge on any atom is 0.243 e. The molecule has 2 aromatic rings. The summed E-state index contributed by atoms with van der Waals surface area (Å²) in [4.78, 5) is -0.452. The Balaban J connectivity index is 2.27. The van der Waals surface area contributed by atoms with Crippen LogP contribution in [0.15, 0.2) is 23.2 Å². The van der Waals surface area contributed by atoms with Gasteiger partial charge in [-0.1, -0.05) is 0 Å². The maximum atomic E-state index is 13.8. The van der Waals surface area contributed by atoms with Crippen LogP contribution >= 0.6 is 0 Å². The summed E-state index contributed by atoms with van der Waals surface area (Å²) in [6.07, 6.45) is 1.71. The van der Waals surface area contributed by atoms with Gasteiger partial charge in [0.15, 0.2) is 0 Å². The summed E-state index contributed by atoms with van der Waals surface area (Å²) < 4.78 is 42.1. The van der Waals surface area contributed by atoms with Gasteiger partial charge in [0.2, 0.25) is 10.0 Å². The molecule has 0 saturated heterocycles. The fourth-order valence-electron chi connectivity index (χ4n) is 1.95. The SMILES string of the molecule is Cc1cc(F)c(S(=O)(=O)NCc2cn(C)nc2C)cc1N. The minimum atomic E-state index is -3.98. The fourth-order valence-corrected chi connectivity index (χ4v) is 3.05. The van der Waals surface area contributed by atoms with Crippen molar-refractivity contribution < 1.29 is 12.8 Å². The van der Waals surface area contributed by atoms with Crippen molar-refractivity contribution in [2.45, 2.75) is 25.3 Å². The molecule has 0 amide bonds. The number of sulfonamides is 1. The van der Waals surface area contributed by atoms with Gasteiger partial charge in [0.05, 0.1) is 5.69 Å². The van der Waals surface area contributed by atoms with Crippen LogP contribution in [0.4, 0.5) is 10.1 Å². The molecule has 0 aliphatic carbocycles. The molecular formula is C13H17FN4O2S. The van der Waals surface area contributed by atoms with Gasteiger partial charge in [-0.25, -0.2) is 17.5 Å². The zero-order valence-corrected chi connectivity index (χ0v) is 12.8. The smallest absolute Gasteiger partial charge is 0.243 e. The van der Waals surface area contributed by atoms with Gasteiger partial charge < -0.3 is 5.73 Å². The Morgan fingerprint density at radius 3 is 2.62 bits per heavy atom. The van der Waals surface area contributed by atoms with Gasteiger partial charge in [-0.2, -0.15) is 5.10 Å². The first kappa shape index (κ1) is 15.5. The van der Waals surface area contributed by atoms with Crippen molar-refractivity contribution in [3.05, 3.63) is 41.0 Å². The quantitative estimate of drug-likeness (QED) is 0.831. The lowest BCUT2D eigenvalue weighted by Gasteiger charge is -2.09. The number of hydrogen-bond donors (Lipinski definition) is 2. The predicted octanol–water partition coefficient (Wildman–Crippen LogP) is 1.24. The summed E-state index contributed by atoms with van der Waals surface area (Å²) in [5.74, 6) is -0.822. The average molecular weight is 312 g/mol. The number of nitrogens with two attached hydrogens (primary N) is 1. The van der Waals surface area contributed by atoms with E-state index in [2.05, 4.69) is 9.82 Å². The Morgan fingerprint density at radius 2 is 2.05 bits per heavy atom. The number of aromatic nitrogens is 2. The molecular weight excluding hydrogens is 295 g/mol. The Bertz CT molecular complexity index is 784. The van der Waals surface area contributed by atoms with Crippen LogP contribution in [0.2, 0.25) is 0 Å². The zero-order chi connectivity index (χ0) is 15.8. The minimum absolute atomic E-state index is 0.0369. The second-order valence-corrected chi connectivity index (χ2v) is 6.61. The standard InChI is InChI=1S/C13H17FN4O2S/c1-8-4-11(14)13(5-12(8)15)21(19,20)16-6-10-7-18(3)17-9(10)2/h4-5,7,16H,6,15H2,1-3H3. The highest BCUT2D eigenvalue weighted by atomic mass is 32.2. The lowest BCUT2D eigenvalue weighted by molar-refractivity contribution is 0.556. The molecule has 0 unspecified atom stereocenters. The number of anilines is 1. The third-order valence-corrected chi connectivity index (χ3v) is 4.59. The largest absolute Gasteiger partial charge is 0.398 e. The zero-order valence-electron chi connectivity index (χ0n) is 12.0. The van der Waals surface area contributed by atoms with Gasteiger partial charge >= 0.3 is 0 Å². The van der Waals surface area contributed by atoms with Gasteiger partial charge in [0.1, 0.15) is 10.7 Å². The third kappa shape index (κ3) is 3.22. The molecule has 1 aromatic carbocycles. The van der Waals surface area contributed by atoms with Gasteiger partial charge in [-0.3, -0.25) is 4.68 Å². The Kier molecular flexibility index (Phi) is 4.02. The molecule has 8 heteroatoms. The summed E-state index contributed by atoms with van der Waals surface area (Å²) in [5.41, 5.74) is 7.81. The van der Waals surface area contributed by atoms with Crippen LogP contribution in [0.3, 0.4) is 0 Å². The molecule has 6 nitrogen and oxygen atoms in total. The van der Waals surface area contributed by atoms with Gasteiger partial charge in [-0.15, -0.1) is 0 Å². The summed E-state index contributed by atoms with van der Waals surface area (Å²) in [6.45, 7) is 3.42. The number of nitrogens with zero attached hydrogens (tertiary/aromatic N) is 2. The van der Waals surface area contributed by atoms with Crippen LogP contribution in [0.1, 0.15) is 16.8 Å². The van der Waals surface area contributed by atoms with Crippen LogP contribution < -0.4 is 10.5 Å². The van der Waals surface area contributed by atoms with Crippen LogP contribution in [-0.2, 0) is 23.6 Å². The Labute approximate surface area is 122 Å². The van der Waals surface area contributed by atoms with Crippen LogP contribution in [-0.4, -0.2) is 18.2 Å². The summed E-state index contributed by atoms with van der Waals surface area (Å²) in [6, 6.07) is 2.24. The van der Waals surface area contributed by atoms with Crippen molar-refractivity contribution in [3.8, 4) is 0 Å². The molecule has 0 aliphatic heterocycles. The highest BCUT2D eigenvalue weighted by molar-refractivity contribution is 7.89. The van der Waals surface area contributed by atoms with E-state index in [-0.39, 0.29) is 12.2 Å². The van der Waals surface area contributed by atoms with E-state index < -0.39 is 20.7 Å². The first-order chi connectivity index (χ1) is 9.70. The van der Waals surface area contributed by atoms with Gasteiger partial charge in [0.25, 0.3) is 0 Å². The maximum absolute atomic E-state index is 13.8. The molecule has 0 radical (unpaired) electrons. The topological polar surface area (TPSA) is 90.0 Å². The molecule has 0 bridgehead atoms. The highest BCUT2D eigenvalue weighted by Crippen LogP contribution is 2.21. The van der Waals surface area contributed by atoms with Crippen molar-refractivity contribution in [2.75, 3.05) is 5.73 Å². The second kappa shape index (κ2) is 5.45. The molecule has 0 fully saturated rings. The van der Waals surface area contributed by atoms with Crippen molar-refractivity contribution >= 4 is 15.7 Å². The van der Waals surface area contributed by atoms with Crippen molar-refractivity contribution in [2.24, 2.45) is 7.05 Å². The van der Waals surface area contributed by atoms with E-state index in [4.69, 9.17) is 5.73 Å². The van der Waals surface area contributed by atoms with Gasteiger partial charge in [0, 0.05) is 31.0 Å². The van der Waals surface area contributed by atoms with Crippen molar-refractivity contribution in [3.63, 3.8) is 0 Å². The van der Waals surface area contributed by atoms with Crippen LogP contribution in [0, 0.1) is 19.7 Å². The van der Waals surface area contributed by atoms with Crippen molar-refractivity contribution in [1.82, 2.24) is 14.5 Å². The Hall–Kier alpha value is -1.93. The minimum Gasteiger partial charge on any atom is -0.398 e. The first-order valence-electron chi connectivity index (χ1n) is 6.25. The first-order valence-corrected chi connectivity index (χ1v) is 7.73. The number of nitrogen functional groups attached to an aromatic ring is 1. The van der Waals surface area contributed by atoms with E-state index >= 15 is 0 Å². The lowest BCUT2D eigenvalue weighted by atomic mass is 10.2. The molecule has 21 heavy (non-hydrogen) atoms. The molecule has 0 saturated carbocycles. The van der Waals surface area contributed by atoms with Crippen LogP contribution in [0.25, 0.3) is 0 Å². The van der Waals surface area contributed by atoms with E-state index in [0.29, 0.717) is 11.3 Å². The molecule has 2 rings (SSSR count). The molecule has 0 spiro atoms. The highest BCUT2D eigenvalue weighted by Gasteiger charge is 2.20. The number of benzene rings is 1. The van der Waals surface area contributed by atoms with E-state index in [0.717, 1.165) is 17.7 Å². The van der Waals surface area contributed by atoms with E-state index in [1.165, 1.54) is 0 Å². The average Bonchev–Trinajstić information content (AvgIpc) is 2.70. The molecule has 1 aromatic heterocycles. The van der Waals surface area contributed by atoms with Crippen LogP contribution in [0.5, 0.6) is 0 Å². The normalized spacial score (nSPS) is 11.8. The van der Waals surface area contributed by atoms with Crippen molar-refractivity contribution in [1.29, 1.82) is 0 Å². The van der Waals surface area contributed by atoms with Gasteiger partial charge in [-0.05, 0) is 31.5 Å². The van der Waals surface area contributed by atoms with E-state index in [1.54, 1.807) is 31.8 Å².